The first kappa shape index (κ1) is 25.9. The zero-order valence-electron chi connectivity index (χ0n) is 25.3. The Morgan fingerprint density at radius 1 is 0.976 bits per heavy atom. The minimum absolute atomic E-state index is 0.148. The first-order chi connectivity index (χ1) is 20.7. The number of methoxy groups -OCH3 is 1. The molecule has 5 aliphatic carbocycles. The second-order valence-electron chi connectivity index (χ2n) is 14.9. The van der Waals surface area contributed by atoms with Gasteiger partial charge in [0.05, 0.1) is 7.11 Å². The molecule has 220 valence electrons. The third-order valence-corrected chi connectivity index (χ3v) is 13.1. The van der Waals surface area contributed by atoms with Crippen LogP contribution in [0.25, 0.3) is 0 Å². The average molecular weight is 563 g/mol. The van der Waals surface area contributed by atoms with Gasteiger partial charge in [0.2, 0.25) is 0 Å². The molecule has 42 heavy (non-hydrogen) atoms. The van der Waals surface area contributed by atoms with Crippen molar-refractivity contribution in [1.29, 1.82) is 0 Å². The number of ether oxygens (including phenoxy) is 2. The molecule has 5 fully saturated rings. The van der Waals surface area contributed by atoms with Crippen molar-refractivity contribution in [1.82, 2.24) is 9.80 Å². The van der Waals surface area contributed by atoms with Gasteiger partial charge < -0.3 is 9.47 Å². The van der Waals surface area contributed by atoms with Crippen LogP contribution < -0.4 is 9.47 Å². The van der Waals surface area contributed by atoms with Crippen LogP contribution in [-0.4, -0.2) is 49.1 Å². The molecule has 0 radical (unpaired) electrons. The molecule has 4 heteroatoms. The largest absolute Gasteiger partial charge is 0.493 e. The van der Waals surface area contributed by atoms with Gasteiger partial charge in [0.1, 0.15) is 5.76 Å². The number of likely N-dealkylation sites (tertiary alicyclic amines) is 2. The quantitative estimate of drug-likeness (QED) is 0.354. The Hall–Kier alpha value is -2.56. The summed E-state index contributed by atoms with van der Waals surface area (Å²) < 4.78 is 13.2. The fraction of sp³-hybridized carbons (Fsp3) is 0.579. The Morgan fingerprint density at radius 2 is 1.86 bits per heavy atom. The van der Waals surface area contributed by atoms with Gasteiger partial charge in [-0.2, -0.15) is 0 Å². The predicted octanol–water partition coefficient (Wildman–Crippen LogP) is 7.28. The first-order valence-electron chi connectivity index (χ1n) is 16.9. The predicted molar refractivity (Wildman–Crippen MR) is 167 cm³/mol. The maximum Gasteiger partial charge on any atom is 0.173 e. The monoisotopic (exact) mass is 562 g/mol. The lowest BCUT2D eigenvalue weighted by molar-refractivity contribution is -0.121. The van der Waals surface area contributed by atoms with E-state index < -0.39 is 0 Å². The molecule has 2 aliphatic heterocycles. The highest BCUT2D eigenvalue weighted by Crippen LogP contribution is 2.80. The lowest BCUT2D eigenvalue weighted by Crippen LogP contribution is -2.70. The summed E-state index contributed by atoms with van der Waals surface area (Å²) in [5, 5.41) is 0. The SMILES string of the molecule is COc1ccc2c(c1OC1=CCCC=C1)C13CCN(CC4CC4)C(C2)C12CCCC31CN(Cc3ccccc3)CC1C2. The second kappa shape index (κ2) is 9.47. The van der Waals surface area contributed by atoms with E-state index in [4.69, 9.17) is 9.47 Å². The maximum absolute atomic E-state index is 7.02. The van der Waals surface area contributed by atoms with Crippen LogP contribution in [0.2, 0.25) is 0 Å². The summed E-state index contributed by atoms with van der Waals surface area (Å²) in [7, 11) is 1.84. The van der Waals surface area contributed by atoms with E-state index in [9.17, 15) is 0 Å². The van der Waals surface area contributed by atoms with E-state index in [1.807, 2.05) is 7.11 Å². The lowest BCUT2D eigenvalue weighted by Gasteiger charge is -2.68. The number of fused-ring (bicyclic) bond motifs is 1. The average Bonchev–Trinajstić information content (AvgIpc) is 3.75. The summed E-state index contributed by atoms with van der Waals surface area (Å²) in [4.78, 5) is 5.83. The molecule has 2 aromatic carbocycles. The smallest absolute Gasteiger partial charge is 0.173 e. The van der Waals surface area contributed by atoms with Gasteiger partial charge >= 0.3 is 0 Å². The molecule has 4 bridgehead atoms. The van der Waals surface area contributed by atoms with Crippen molar-refractivity contribution in [2.75, 3.05) is 33.3 Å². The summed E-state index contributed by atoms with van der Waals surface area (Å²) in [5.41, 5.74) is 5.37. The van der Waals surface area contributed by atoms with Crippen molar-refractivity contribution in [3.8, 4) is 11.5 Å². The van der Waals surface area contributed by atoms with E-state index in [0.717, 1.165) is 48.5 Å². The molecule has 2 saturated heterocycles. The number of benzene rings is 2. The number of piperidine rings is 1. The molecule has 5 atom stereocenters. The second-order valence-corrected chi connectivity index (χ2v) is 14.9. The minimum Gasteiger partial charge on any atom is -0.493 e. The number of hydrogen-bond donors (Lipinski definition) is 0. The number of rotatable bonds is 7. The summed E-state index contributed by atoms with van der Waals surface area (Å²) in [5.74, 6) is 4.67. The van der Waals surface area contributed by atoms with Gasteiger partial charge in [-0.25, -0.2) is 0 Å². The number of hydrogen-bond acceptors (Lipinski definition) is 4. The first-order valence-corrected chi connectivity index (χ1v) is 16.9. The molecule has 9 rings (SSSR count). The molecule has 0 amide bonds. The zero-order chi connectivity index (χ0) is 27.9. The Bertz CT molecular complexity index is 1440. The molecule has 0 aromatic heterocycles. The van der Waals surface area contributed by atoms with E-state index in [-0.39, 0.29) is 5.41 Å². The van der Waals surface area contributed by atoms with Crippen molar-refractivity contribution in [3.63, 3.8) is 0 Å². The highest BCUT2D eigenvalue weighted by molar-refractivity contribution is 5.61. The fourth-order valence-electron chi connectivity index (χ4n) is 11.6. The van der Waals surface area contributed by atoms with E-state index in [1.165, 1.54) is 83.1 Å². The Kier molecular flexibility index (Phi) is 5.84. The lowest BCUT2D eigenvalue weighted by atomic mass is 9.40. The van der Waals surface area contributed by atoms with Crippen molar-refractivity contribution in [3.05, 3.63) is 83.1 Å². The summed E-state index contributed by atoms with van der Waals surface area (Å²) >= 11 is 0. The summed E-state index contributed by atoms with van der Waals surface area (Å²) in [6, 6.07) is 16.5. The maximum atomic E-state index is 7.02. The molecular weight excluding hydrogens is 516 g/mol. The highest BCUT2D eigenvalue weighted by atomic mass is 16.5. The molecule has 3 saturated carbocycles. The zero-order valence-corrected chi connectivity index (χ0v) is 25.3. The van der Waals surface area contributed by atoms with E-state index >= 15 is 0 Å². The third kappa shape index (κ3) is 3.48. The Morgan fingerprint density at radius 3 is 2.67 bits per heavy atom. The molecule has 0 N–H and O–H groups in total. The van der Waals surface area contributed by atoms with Crippen molar-refractivity contribution in [2.45, 2.75) is 82.2 Å². The van der Waals surface area contributed by atoms with Gasteiger partial charge in [-0.05, 0) is 116 Å². The van der Waals surface area contributed by atoms with E-state index in [2.05, 4.69) is 70.5 Å². The van der Waals surface area contributed by atoms with Crippen LogP contribution in [0.3, 0.4) is 0 Å². The van der Waals surface area contributed by atoms with Gasteiger partial charge in [-0.1, -0.05) is 48.9 Å². The molecular formula is C38H46N2O2. The van der Waals surface area contributed by atoms with E-state index in [0.29, 0.717) is 16.9 Å². The fourth-order valence-corrected chi connectivity index (χ4v) is 11.6. The summed E-state index contributed by atoms with van der Waals surface area (Å²) in [6.07, 6.45) is 19.7. The van der Waals surface area contributed by atoms with Crippen LogP contribution in [0.4, 0.5) is 0 Å². The molecule has 5 unspecified atom stereocenters. The highest BCUT2D eigenvalue weighted by Gasteiger charge is 2.79. The van der Waals surface area contributed by atoms with Gasteiger partial charge in [0.25, 0.3) is 0 Å². The number of nitrogens with zero attached hydrogens (tertiary/aromatic N) is 2. The molecule has 2 heterocycles. The minimum atomic E-state index is 0.148. The number of allylic oxidation sites excluding steroid dienone is 3. The van der Waals surface area contributed by atoms with Gasteiger partial charge in [0, 0.05) is 43.2 Å². The molecule has 4 nitrogen and oxygen atoms in total. The van der Waals surface area contributed by atoms with Gasteiger partial charge in [-0.3, -0.25) is 9.80 Å². The topological polar surface area (TPSA) is 24.9 Å². The van der Waals surface area contributed by atoms with Gasteiger partial charge in [0.15, 0.2) is 11.5 Å². The van der Waals surface area contributed by atoms with Crippen LogP contribution in [0.5, 0.6) is 11.5 Å². The molecule has 2 aromatic rings. The Labute approximate surface area is 251 Å². The van der Waals surface area contributed by atoms with E-state index in [1.54, 1.807) is 11.1 Å². The molecule has 1 spiro atoms. The van der Waals surface area contributed by atoms with Crippen LogP contribution in [0, 0.1) is 22.7 Å². The standard InChI is InChI=1S/C38H46N2O2/c1-41-32-16-15-29-21-33-36-17-8-18-37(26-39(25-30(37)22-36)23-27-9-4-2-5-10-27)38(36,19-20-40(33)24-28-13-14-28)34(29)35(32)42-31-11-6-3-7-12-31/h2,4-6,9-12,15-16,28,30,33H,3,7-8,13-14,17-26H2,1H3. The third-order valence-electron chi connectivity index (χ3n) is 13.1. The van der Waals surface area contributed by atoms with Crippen LogP contribution in [-0.2, 0) is 18.4 Å². The summed E-state index contributed by atoms with van der Waals surface area (Å²) in [6.45, 7) is 6.12. The van der Waals surface area contributed by atoms with Gasteiger partial charge in [-0.15, -0.1) is 0 Å². The Balaban J connectivity index is 1.22. The van der Waals surface area contributed by atoms with Crippen LogP contribution >= 0.6 is 0 Å². The van der Waals surface area contributed by atoms with Crippen molar-refractivity contribution < 1.29 is 9.47 Å². The molecule has 7 aliphatic rings. The van der Waals surface area contributed by atoms with Crippen molar-refractivity contribution >= 4 is 0 Å². The normalized spacial score (nSPS) is 36.6. The van der Waals surface area contributed by atoms with Crippen LogP contribution in [0.15, 0.2) is 66.5 Å². The van der Waals surface area contributed by atoms with Crippen molar-refractivity contribution in [2.24, 2.45) is 22.7 Å². The van der Waals surface area contributed by atoms with Crippen LogP contribution in [0.1, 0.15) is 74.5 Å².